The summed E-state index contributed by atoms with van der Waals surface area (Å²) in [6.45, 7) is 7.44. The number of thiophene rings is 1. The van der Waals surface area contributed by atoms with Gasteiger partial charge in [0.2, 0.25) is 0 Å². The zero-order chi connectivity index (χ0) is 14.9. The van der Waals surface area contributed by atoms with Gasteiger partial charge in [-0.1, -0.05) is 13.0 Å². The van der Waals surface area contributed by atoms with Crippen LogP contribution in [0.15, 0.2) is 36.4 Å². The van der Waals surface area contributed by atoms with Crippen molar-refractivity contribution >= 4 is 11.3 Å². The van der Waals surface area contributed by atoms with E-state index in [1.54, 1.807) is 11.3 Å². The lowest BCUT2D eigenvalue weighted by molar-refractivity contribution is 0.302. The molecular weight excluding hydrogens is 282 g/mol. The Morgan fingerprint density at radius 2 is 1.76 bits per heavy atom. The van der Waals surface area contributed by atoms with Crippen LogP contribution in [-0.2, 0) is 13.2 Å². The van der Waals surface area contributed by atoms with Gasteiger partial charge in [-0.25, -0.2) is 0 Å². The van der Waals surface area contributed by atoms with E-state index in [9.17, 15) is 0 Å². The second-order valence-corrected chi connectivity index (χ2v) is 5.99. The van der Waals surface area contributed by atoms with Crippen LogP contribution in [0.3, 0.4) is 0 Å². The summed E-state index contributed by atoms with van der Waals surface area (Å²) < 4.78 is 11.3. The van der Waals surface area contributed by atoms with Crippen molar-refractivity contribution in [3.63, 3.8) is 0 Å². The molecule has 0 amide bonds. The molecule has 0 saturated carbocycles. The summed E-state index contributed by atoms with van der Waals surface area (Å²) in [7, 11) is 0. The summed E-state index contributed by atoms with van der Waals surface area (Å²) in [6.07, 6.45) is 1.16. The third-order valence-electron chi connectivity index (χ3n) is 2.94. The van der Waals surface area contributed by atoms with Crippen LogP contribution in [0.5, 0.6) is 11.5 Å². The fraction of sp³-hybridized carbons (Fsp3) is 0.412. The quantitative estimate of drug-likeness (QED) is 0.703. The molecule has 0 fully saturated rings. The Morgan fingerprint density at radius 1 is 1.00 bits per heavy atom. The van der Waals surface area contributed by atoms with Gasteiger partial charge in [0, 0.05) is 22.4 Å². The fourth-order valence-electron chi connectivity index (χ4n) is 1.96. The van der Waals surface area contributed by atoms with Gasteiger partial charge in [0.05, 0.1) is 6.61 Å². The number of hydrogen-bond donors (Lipinski definition) is 1. The van der Waals surface area contributed by atoms with E-state index < -0.39 is 0 Å². The smallest absolute Gasteiger partial charge is 0.123 e. The van der Waals surface area contributed by atoms with Crippen molar-refractivity contribution in [1.29, 1.82) is 0 Å². The van der Waals surface area contributed by atoms with Gasteiger partial charge in [0.15, 0.2) is 0 Å². The molecule has 2 aromatic rings. The molecule has 0 saturated heterocycles. The number of nitrogens with one attached hydrogen (secondary N) is 1. The second kappa shape index (κ2) is 8.70. The molecule has 0 aliphatic heterocycles. The van der Waals surface area contributed by atoms with Crippen molar-refractivity contribution in [1.82, 2.24) is 5.32 Å². The van der Waals surface area contributed by atoms with Crippen LogP contribution in [0.25, 0.3) is 0 Å². The first-order chi connectivity index (χ1) is 10.3. The predicted octanol–water partition coefficient (Wildman–Crippen LogP) is 4.23. The number of ether oxygens (including phenoxy) is 2. The van der Waals surface area contributed by atoms with Crippen molar-refractivity contribution in [3.05, 3.63) is 46.2 Å². The van der Waals surface area contributed by atoms with Crippen LogP contribution in [0, 0.1) is 0 Å². The summed E-state index contributed by atoms with van der Waals surface area (Å²) in [5.41, 5.74) is 0. The van der Waals surface area contributed by atoms with Crippen molar-refractivity contribution in [2.24, 2.45) is 0 Å². The molecule has 0 atom stereocenters. The van der Waals surface area contributed by atoms with Crippen molar-refractivity contribution in [2.75, 3.05) is 13.2 Å². The summed E-state index contributed by atoms with van der Waals surface area (Å²) in [4.78, 5) is 2.59. The van der Waals surface area contributed by atoms with E-state index >= 15 is 0 Å². The molecule has 1 N–H and O–H groups in total. The topological polar surface area (TPSA) is 30.5 Å². The van der Waals surface area contributed by atoms with Gasteiger partial charge < -0.3 is 14.8 Å². The average molecular weight is 305 g/mol. The number of benzene rings is 1. The Labute approximate surface area is 130 Å². The predicted molar refractivity (Wildman–Crippen MR) is 88.3 cm³/mol. The summed E-state index contributed by atoms with van der Waals surface area (Å²) >= 11 is 1.80. The molecule has 0 spiro atoms. The first-order valence-corrected chi connectivity index (χ1v) is 8.27. The highest BCUT2D eigenvalue weighted by atomic mass is 32.1. The van der Waals surface area contributed by atoms with Gasteiger partial charge in [-0.15, -0.1) is 11.3 Å². The molecule has 4 heteroatoms. The summed E-state index contributed by atoms with van der Waals surface area (Å²) in [5.74, 6) is 1.70. The van der Waals surface area contributed by atoms with E-state index in [1.165, 1.54) is 9.75 Å². The molecule has 0 bridgehead atoms. The van der Waals surface area contributed by atoms with Crippen molar-refractivity contribution in [3.8, 4) is 11.5 Å². The minimum absolute atomic E-state index is 0.605. The van der Waals surface area contributed by atoms with E-state index in [2.05, 4.69) is 24.4 Å². The van der Waals surface area contributed by atoms with Gasteiger partial charge in [0.1, 0.15) is 18.1 Å². The normalized spacial score (nSPS) is 10.6. The molecule has 114 valence electrons. The Kier molecular flexibility index (Phi) is 6.57. The van der Waals surface area contributed by atoms with Gasteiger partial charge in [0.25, 0.3) is 0 Å². The van der Waals surface area contributed by atoms with Crippen LogP contribution < -0.4 is 14.8 Å². The third-order valence-corrected chi connectivity index (χ3v) is 4.00. The Bertz CT molecular complexity index is 539. The molecular formula is C17H23NO2S. The highest BCUT2D eigenvalue weighted by Crippen LogP contribution is 2.22. The van der Waals surface area contributed by atoms with E-state index in [1.807, 2.05) is 31.2 Å². The largest absolute Gasteiger partial charge is 0.494 e. The molecule has 21 heavy (non-hydrogen) atoms. The minimum atomic E-state index is 0.605. The van der Waals surface area contributed by atoms with Crippen molar-refractivity contribution in [2.45, 2.75) is 33.4 Å². The molecule has 0 aliphatic carbocycles. The standard InChI is InChI=1S/C17H23NO2S/c1-3-10-18-12-16-8-9-17(21-16)13-20-15-7-5-6-14(11-15)19-4-2/h5-9,11,18H,3-4,10,12-13H2,1-2H3. The van der Waals surface area contributed by atoms with Crippen molar-refractivity contribution < 1.29 is 9.47 Å². The van der Waals surface area contributed by atoms with Crippen LogP contribution in [0.2, 0.25) is 0 Å². The highest BCUT2D eigenvalue weighted by molar-refractivity contribution is 7.11. The Balaban J connectivity index is 1.83. The molecule has 0 unspecified atom stereocenters. The van der Waals surface area contributed by atoms with E-state index in [0.717, 1.165) is 31.0 Å². The van der Waals surface area contributed by atoms with Crippen LogP contribution >= 0.6 is 11.3 Å². The van der Waals surface area contributed by atoms with Crippen LogP contribution in [0.4, 0.5) is 0 Å². The minimum Gasteiger partial charge on any atom is -0.494 e. The molecule has 1 aromatic heterocycles. The average Bonchev–Trinajstić information content (AvgIpc) is 2.94. The van der Waals surface area contributed by atoms with Gasteiger partial charge in [-0.2, -0.15) is 0 Å². The first-order valence-electron chi connectivity index (χ1n) is 7.45. The Hall–Kier alpha value is -1.52. The fourth-order valence-corrected chi connectivity index (χ4v) is 2.86. The molecule has 1 aromatic carbocycles. The molecule has 3 nitrogen and oxygen atoms in total. The van der Waals surface area contributed by atoms with Gasteiger partial charge >= 0.3 is 0 Å². The molecule has 2 rings (SSSR count). The molecule has 0 radical (unpaired) electrons. The highest BCUT2D eigenvalue weighted by Gasteiger charge is 2.02. The SMILES string of the molecule is CCCNCc1ccc(COc2cccc(OCC)c2)s1. The number of hydrogen-bond acceptors (Lipinski definition) is 4. The number of rotatable bonds is 9. The second-order valence-electron chi connectivity index (χ2n) is 4.74. The zero-order valence-corrected chi connectivity index (χ0v) is 13.5. The third kappa shape index (κ3) is 5.40. The van der Waals surface area contributed by atoms with Gasteiger partial charge in [-0.05, 0) is 44.2 Å². The van der Waals surface area contributed by atoms with E-state index in [0.29, 0.717) is 13.2 Å². The van der Waals surface area contributed by atoms with E-state index in [-0.39, 0.29) is 0 Å². The lowest BCUT2D eigenvalue weighted by atomic mass is 10.3. The Morgan fingerprint density at radius 3 is 2.52 bits per heavy atom. The lowest BCUT2D eigenvalue weighted by Gasteiger charge is -2.07. The first kappa shape index (κ1) is 15.9. The van der Waals surface area contributed by atoms with Crippen LogP contribution in [0.1, 0.15) is 30.0 Å². The van der Waals surface area contributed by atoms with E-state index in [4.69, 9.17) is 9.47 Å². The maximum Gasteiger partial charge on any atom is 0.123 e. The zero-order valence-electron chi connectivity index (χ0n) is 12.7. The van der Waals surface area contributed by atoms with Crippen LogP contribution in [-0.4, -0.2) is 13.2 Å². The maximum atomic E-state index is 5.83. The molecule has 1 heterocycles. The molecule has 0 aliphatic rings. The maximum absolute atomic E-state index is 5.83. The summed E-state index contributed by atoms with van der Waals surface area (Å²) in [5, 5.41) is 3.41. The van der Waals surface area contributed by atoms with Gasteiger partial charge in [-0.3, -0.25) is 0 Å². The summed E-state index contributed by atoms with van der Waals surface area (Å²) in [6, 6.07) is 12.1. The monoisotopic (exact) mass is 305 g/mol. The lowest BCUT2D eigenvalue weighted by Crippen LogP contribution is -2.12.